The normalized spacial score (nSPS) is 11.8. The molecule has 2 N–H and O–H groups in total. The summed E-state index contributed by atoms with van der Waals surface area (Å²) in [5, 5.41) is 3.91. The van der Waals surface area contributed by atoms with E-state index in [1.54, 1.807) is 47.4 Å². The number of nitrogens with one attached hydrogen (secondary N) is 2. The van der Waals surface area contributed by atoms with Crippen molar-refractivity contribution in [2.45, 2.75) is 19.9 Å². The van der Waals surface area contributed by atoms with Crippen molar-refractivity contribution in [1.29, 1.82) is 0 Å². The fourth-order valence-corrected chi connectivity index (χ4v) is 3.66. The van der Waals surface area contributed by atoms with E-state index in [0.717, 1.165) is 5.56 Å². The second-order valence-corrected chi connectivity index (χ2v) is 7.73. The zero-order valence-corrected chi connectivity index (χ0v) is 17.9. The van der Waals surface area contributed by atoms with Gasteiger partial charge < -0.3 is 10.3 Å². The first-order valence-electron chi connectivity index (χ1n) is 9.84. The van der Waals surface area contributed by atoms with Gasteiger partial charge in [0.15, 0.2) is 0 Å². The van der Waals surface area contributed by atoms with Crippen molar-refractivity contribution in [3.8, 4) is 0 Å². The number of H-pyrrole nitrogens is 1. The number of anilines is 2. The van der Waals surface area contributed by atoms with Gasteiger partial charge in [0.2, 0.25) is 0 Å². The third-order valence-electron chi connectivity index (χ3n) is 4.99. The Hall–Kier alpha value is -3.64. The number of carbonyl (C=O) groups is 1. The molecule has 2 amide bonds. The number of nitrogens with zero attached hydrogens (tertiary/aromatic N) is 2. The molecule has 0 fully saturated rings. The predicted molar refractivity (Wildman–Crippen MR) is 125 cm³/mol. The highest BCUT2D eigenvalue weighted by atomic mass is 35.5. The molecule has 0 spiro atoms. The maximum Gasteiger partial charge on any atom is 0.326 e. The predicted octanol–water partition coefficient (Wildman–Crippen LogP) is 5.68. The lowest BCUT2D eigenvalue weighted by Gasteiger charge is -2.29. The summed E-state index contributed by atoms with van der Waals surface area (Å²) in [6, 6.07) is 20.8. The zero-order valence-electron chi connectivity index (χ0n) is 17.1. The summed E-state index contributed by atoms with van der Waals surface area (Å²) in [5.41, 5.74) is 2.59. The maximum atomic E-state index is 13.4. The molecule has 0 saturated heterocycles. The molecule has 31 heavy (non-hydrogen) atoms. The number of carbonyl (C=O) groups excluding carboxylic acids is 1. The van der Waals surface area contributed by atoms with Crippen LogP contribution >= 0.6 is 11.6 Å². The lowest BCUT2D eigenvalue weighted by molar-refractivity contribution is 0.255. The van der Waals surface area contributed by atoms with E-state index in [1.165, 1.54) is 0 Å². The van der Waals surface area contributed by atoms with Crippen LogP contribution in [-0.4, -0.2) is 16.0 Å². The van der Waals surface area contributed by atoms with Crippen molar-refractivity contribution in [2.75, 3.05) is 10.2 Å². The Balaban J connectivity index is 1.77. The minimum absolute atomic E-state index is 0.244. The van der Waals surface area contributed by atoms with E-state index < -0.39 is 6.04 Å². The van der Waals surface area contributed by atoms with Gasteiger partial charge in [0.25, 0.3) is 5.56 Å². The van der Waals surface area contributed by atoms with Crippen LogP contribution in [0.3, 0.4) is 0 Å². The Morgan fingerprint density at radius 3 is 2.61 bits per heavy atom. The molecule has 0 aliphatic heterocycles. The quantitative estimate of drug-likeness (QED) is 0.435. The van der Waals surface area contributed by atoms with Gasteiger partial charge in [-0.1, -0.05) is 41.9 Å². The molecule has 3 aromatic carbocycles. The van der Waals surface area contributed by atoms with Crippen molar-refractivity contribution < 1.29 is 4.79 Å². The van der Waals surface area contributed by atoms with Gasteiger partial charge in [-0.2, -0.15) is 0 Å². The third-order valence-corrected chi connectivity index (χ3v) is 5.22. The fourth-order valence-electron chi connectivity index (χ4n) is 3.47. The Morgan fingerprint density at radius 1 is 1.06 bits per heavy atom. The standard InChI is InChI=1S/C24H21ClN4O2/c1-15-7-5-10-19(13-15)29(24(31)26-18-9-6-8-17(25)14-18)16(2)22-27-21-12-4-3-11-20(21)23(30)28-22/h3-14,16H,1-2H3,(H,26,31)(H,27,28,30). The Morgan fingerprint density at radius 2 is 1.84 bits per heavy atom. The minimum Gasteiger partial charge on any atom is -0.308 e. The topological polar surface area (TPSA) is 78.1 Å². The zero-order chi connectivity index (χ0) is 22.0. The molecule has 4 rings (SSSR count). The summed E-state index contributed by atoms with van der Waals surface area (Å²) < 4.78 is 0. The van der Waals surface area contributed by atoms with E-state index in [4.69, 9.17) is 11.6 Å². The number of fused-ring (bicyclic) bond motifs is 1. The highest BCUT2D eigenvalue weighted by Crippen LogP contribution is 2.27. The summed E-state index contributed by atoms with van der Waals surface area (Å²) >= 11 is 6.06. The van der Waals surface area contributed by atoms with Gasteiger partial charge in [-0.05, 0) is 61.9 Å². The van der Waals surface area contributed by atoms with E-state index in [-0.39, 0.29) is 11.6 Å². The van der Waals surface area contributed by atoms with Crippen molar-refractivity contribution in [3.05, 3.63) is 99.6 Å². The number of para-hydroxylation sites is 1. The van der Waals surface area contributed by atoms with Crippen LogP contribution in [0, 0.1) is 6.92 Å². The van der Waals surface area contributed by atoms with Gasteiger partial charge in [0.05, 0.1) is 16.9 Å². The second-order valence-electron chi connectivity index (χ2n) is 7.29. The average molecular weight is 433 g/mol. The van der Waals surface area contributed by atoms with Crippen LogP contribution in [0.15, 0.2) is 77.6 Å². The summed E-state index contributed by atoms with van der Waals surface area (Å²) in [7, 11) is 0. The number of hydrogen-bond acceptors (Lipinski definition) is 3. The smallest absolute Gasteiger partial charge is 0.308 e. The molecule has 6 nitrogen and oxygen atoms in total. The number of amides is 2. The van der Waals surface area contributed by atoms with Crippen LogP contribution < -0.4 is 15.8 Å². The van der Waals surface area contributed by atoms with Gasteiger partial charge in [0.1, 0.15) is 5.82 Å². The summed E-state index contributed by atoms with van der Waals surface area (Å²) in [4.78, 5) is 35.0. The number of halogens is 1. The molecular formula is C24H21ClN4O2. The molecule has 156 valence electrons. The summed E-state index contributed by atoms with van der Waals surface area (Å²) in [5.74, 6) is 0.395. The van der Waals surface area contributed by atoms with E-state index in [9.17, 15) is 9.59 Å². The monoisotopic (exact) mass is 432 g/mol. The summed E-state index contributed by atoms with van der Waals surface area (Å²) in [6.45, 7) is 3.78. The first-order chi connectivity index (χ1) is 14.9. The number of aromatic amines is 1. The Bertz CT molecular complexity index is 1320. The molecule has 0 saturated carbocycles. The molecule has 0 aliphatic rings. The molecule has 1 aromatic heterocycles. The second kappa shape index (κ2) is 8.62. The SMILES string of the molecule is Cc1cccc(N(C(=O)Nc2cccc(Cl)c2)C(C)c2nc3ccccc3c(=O)[nH]2)c1. The molecule has 0 aliphatic carbocycles. The van der Waals surface area contributed by atoms with Gasteiger partial charge in [-0.3, -0.25) is 9.69 Å². The van der Waals surface area contributed by atoms with Crippen LogP contribution in [0.5, 0.6) is 0 Å². The summed E-state index contributed by atoms with van der Waals surface area (Å²) in [6.07, 6.45) is 0. The van der Waals surface area contributed by atoms with Crippen LogP contribution in [0.2, 0.25) is 5.02 Å². The van der Waals surface area contributed by atoms with Crippen LogP contribution in [0.25, 0.3) is 10.9 Å². The molecule has 1 atom stereocenters. The van der Waals surface area contributed by atoms with E-state index in [1.807, 2.05) is 44.2 Å². The first-order valence-corrected chi connectivity index (χ1v) is 10.2. The van der Waals surface area contributed by atoms with Gasteiger partial charge in [-0.25, -0.2) is 9.78 Å². The van der Waals surface area contributed by atoms with Crippen molar-refractivity contribution in [2.24, 2.45) is 0 Å². The van der Waals surface area contributed by atoms with Crippen LogP contribution in [-0.2, 0) is 0 Å². The van der Waals surface area contributed by atoms with Crippen molar-refractivity contribution in [1.82, 2.24) is 9.97 Å². The molecule has 1 heterocycles. The molecule has 1 unspecified atom stereocenters. The van der Waals surface area contributed by atoms with E-state index >= 15 is 0 Å². The fraction of sp³-hybridized carbons (Fsp3) is 0.125. The molecule has 0 radical (unpaired) electrons. The lowest BCUT2D eigenvalue weighted by Crippen LogP contribution is -2.38. The third kappa shape index (κ3) is 4.44. The maximum absolute atomic E-state index is 13.4. The Labute approximate surface area is 184 Å². The number of hydrogen-bond donors (Lipinski definition) is 2. The minimum atomic E-state index is -0.543. The van der Waals surface area contributed by atoms with Crippen LogP contribution in [0.4, 0.5) is 16.2 Å². The molecule has 0 bridgehead atoms. The number of rotatable bonds is 4. The van der Waals surface area contributed by atoms with Crippen molar-refractivity contribution in [3.63, 3.8) is 0 Å². The van der Waals surface area contributed by atoms with E-state index in [0.29, 0.717) is 33.1 Å². The highest BCUT2D eigenvalue weighted by molar-refractivity contribution is 6.30. The van der Waals surface area contributed by atoms with Gasteiger partial charge >= 0.3 is 6.03 Å². The number of aryl methyl sites for hydroxylation is 1. The molecule has 4 aromatic rings. The first kappa shape index (κ1) is 20.6. The molecule has 7 heteroatoms. The Kier molecular flexibility index (Phi) is 5.73. The number of benzene rings is 3. The van der Waals surface area contributed by atoms with Gasteiger partial charge in [0, 0.05) is 16.4 Å². The number of urea groups is 1. The average Bonchev–Trinajstić information content (AvgIpc) is 2.74. The molecular weight excluding hydrogens is 412 g/mol. The largest absolute Gasteiger partial charge is 0.326 e. The van der Waals surface area contributed by atoms with E-state index in [2.05, 4.69) is 15.3 Å². The van der Waals surface area contributed by atoms with Crippen molar-refractivity contribution >= 4 is 39.9 Å². The lowest BCUT2D eigenvalue weighted by atomic mass is 10.1. The van der Waals surface area contributed by atoms with Crippen LogP contribution in [0.1, 0.15) is 24.4 Å². The number of aromatic nitrogens is 2. The highest BCUT2D eigenvalue weighted by Gasteiger charge is 2.26. The van der Waals surface area contributed by atoms with Gasteiger partial charge in [-0.15, -0.1) is 0 Å².